The van der Waals surface area contributed by atoms with Gasteiger partial charge in [-0.15, -0.1) is 0 Å². The van der Waals surface area contributed by atoms with E-state index >= 15 is 4.79 Å². The summed E-state index contributed by atoms with van der Waals surface area (Å²) < 4.78 is 43.3. The van der Waals surface area contributed by atoms with Gasteiger partial charge in [-0.25, -0.2) is 9.36 Å². The summed E-state index contributed by atoms with van der Waals surface area (Å²) in [6, 6.07) is 15.2. The number of nitrogens with one attached hydrogen (secondary N) is 1. The maximum Gasteiger partial charge on any atom is 0.524 e. The molecular formula is C59H86N2O13P+. The second-order valence-electron chi connectivity index (χ2n) is 23.2. The van der Waals surface area contributed by atoms with Crippen molar-refractivity contribution in [2.45, 2.75) is 167 Å². The van der Waals surface area contributed by atoms with Gasteiger partial charge in [0.05, 0.1) is 31.4 Å². The number of aryl methyl sites for hydroxylation is 1. The predicted octanol–water partition coefficient (Wildman–Crippen LogP) is 8.80. The van der Waals surface area contributed by atoms with Crippen LogP contribution in [-0.4, -0.2) is 119 Å². The fraction of sp³-hybridized carbons (Fsp3) is 0.678. The number of phosphoric ester groups is 1. The fourth-order valence-electron chi connectivity index (χ4n) is 14.5. The Morgan fingerprint density at radius 3 is 2.41 bits per heavy atom. The number of quaternary nitrogens is 1. The lowest BCUT2D eigenvalue weighted by molar-refractivity contribution is -0.931. The SMILES string of the molecule is CC[N+](CC)(CC(=O)OCC(=O)[C@@]12O[C@H](C3CCCCC3)O[C@@H]1C[C@H]1[C@@H]3CCC4=CC(=O)C=C[C@]4(C)[C@H]3[C@@H](O)C[C@@]12C)Cc1cc(C(O)CNCCCCCCOCCCCc2ccccc2)ccc1OP(=O)(O)O. The first-order valence-corrected chi connectivity index (χ1v) is 29.8. The highest BCUT2D eigenvalue weighted by molar-refractivity contribution is 7.46. The van der Waals surface area contributed by atoms with Crippen molar-refractivity contribution in [3.05, 3.63) is 89.0 Å². The number of carbonyl (C=O) groups is 3. The molecule has 1 heterocycles. The summed E-state index contributed by atoms with van der Waals surface area (Å²) in [6.45, 7) is 10.8. The van der Waals surface area contributed by atoms with Crippen molar-refractivity contribution in [2.75, 3.05) is 52.5 Å². The van der Waals surface area contributed by atoms with Gasteiger partial charge in [0, 0.05) is 48.0 Å². The van der Waals surface area contributed by atoms with Crippen LogP contribution >= 0.6 is 7.82 Å². The van der Waals surface area contributed by atoms with Gasteiger partial charge < -0.3 is 43.5 Å². The molecule has 4 saturated carbocycles. The van der Waals surface area contributed by atoms with E-state index in [1.54, 1.807) is 24.3 Å². The number of fused-ring (bicyclic) bond motifs is 7. The average molecular weight is 1060 g/mol. The molecule has 5 aliphatic carbocycles. The van der Waals surface area contributed by atoms with Crippen molar-refractivity contribution in [1.82, 2.24) is 5.32 Å². The number of hydrogen-bond donors (Lipinski definition) is 5. The van der Waals surface area contributed by atoms with Crippen LogP contribution in [0.3, 0.4) is 0 Å². The maximum absolute atomic E-state index is 15.2. The molecule has 414 valence electrons. The molecule has 5 fully saturated rings. The van der Waals surface area contributed by atoms with Gasteiger partial charge >= 0.3 is 13.8 Å². The Labute approximate surface area is 445 Å². The molecule has 0 bridgehead atoms. The number of allylic oxidation sites excluding steroid dienone is 4. The summed E-state index contributed by atoms with van der Waals surface area (Å²) in [5.41, 5.74) is 0.570. The van der Waals surface area contributed by atoms with Crippen LogP contribution in [0.4, 0.5) is 0 Å². The molecule has 1 aliphatic heterocycles. The molecular weight excluding hydrogens is 976 g/mol. The summed E-state index contributed by atoms with van der Waals surface area (Å²) in [6.07, 6.45) is 17.2. The Bertz CT molecular complexity index is 2380. The zero-order valence-corrected chi connectivity index (χ0v) is 45.9. The van der Waals surface area contributed by atoms with E-state index in [0.717, 1.165) is 109 Å². The van der Waals surface area contributed by atoms with Gasteiger partial charge in [0.2, 0.25) is 5.78 Å². The molecule has 0 spiro atoms. The largest absolute Gasteiger partial charge is 0.524 e. The van der Waals surface area contributed by atoms with Gasteiger partial charge in [0.1, 0.15) is 12.3 Å². The third-order valence-corrected chi connectivity index (χ3v) is 19.1. The smallest absolute Gasteiger partial charge is 0.453 e. The number of esters is 1. The quantitative estimate of drug-likeness (QED) is 0.0245. The van der Waals surface area contributed by atoms with Gasteiger partial charge in [0.15, 0.2) is 30.8 Å². The Morgan fingerprint density at radius 1 is 0.947 bits per heavy atom. The molecule has 5 N–H and O–H groups in total. The van der Waals surface area contributed by atoms with Gasteiger partial charge in [-0.05, 0) is 138 Å². The normalized spacial score (nSPS) is 30.0. The van der Waals surface area contributed by atoms with Crippen LogP contribution in [0.2, 0.25) is 0 Å². The minimum atomic E-state index is -4.99. The van der Waals surface area contributed by atoms with Crippen LogP contribution in [0, 0.1) is 34.5 Å². The second kappa shape index (κ2) is 25.0. The van der Waals surface area contributed by atoms with Crippen LogP contribution in [0.5, 0.6) is 5.75 Å². The van der Waals surface area contributed by atoms with Crippen LogP contribution in [0.1, 0.15) is 147 Å². The summed E-state index contributed by atoms with van der Waals surface area (Å²) in [5, 5.41) is 26.9. The van der Waals surface area contributed by atoms with Crippen molar-refractivity contribution in [1.29, 1.82) is 0 Å². The van der Waals surface area contributed by atoms with E-state index in [0.29, 0.717) is 43.6 Å². The van der Waals surface area contributed by atoms with Gasteiger partial charge in [-0.3, -0.25) is 19.4 Å². The molecule has 16 heteroatoms. The Kier molecular flexibility index (Phi) is 19.2. The van der Waals surface area contributed by atoms with Crippen LogP contribution in [0.15, 0.2) is 72.3 Å². The number of hydrogen-bond acceptors (Lipinski definition) is 12. The lowest BCUT2D eigenvalue weighted by atomic mass is 9.46. The first-order chi connectivity index (χ1) is 35.9. The number of carbonyl (C=O) groups excluding carboxylic acids is 3. The van der Waals surface area contributed by atoms with Gasteiger partial charge in [0.25, 0.3) is 0 Å². The summed E-state index contributed by atoms with van der Waals surface area (Å²) >= 11 is 0. The number of likely N-dealkylation sites (N-methyl/N-ethyl adjacent to an activating group) is 1. The molecule has 15 nitrogen and oxygen atoms in total. The lowest BCUT2D eigenvalue weighted by Gasteiger charge is -2.59. The number of aliphatic hydroxyl groups excluding tert-OH is 2. The van der Waals surface area contributed by atoms with E-state index in [4.69, 9.17) is 23.5 Å². The molecule has 1 saturated heterocycles. The zero-order chi connectivity index (χ0) is 53.4. The third kappa shape index (κ3) is 13.0. The molecule has 2 aromatic rings. The number of nitrogens with zero attached hydrogens (tertiary/aromatic N) is 1. The Hall–Kier alpha value is -3.60. The Balaban J connectivity index is 0.879. The molecule has 75 heavy (non-hydrogen) atoms. The third-order valence-electron chi connectivity index (χ3n) is 18.6. The molecule has 10 atom stereocenters. The highest BCUT2D eigenvalue weighted by atomic mass is 31.2. The van der Waals surface area contributed by atoms with E-state index < -0.39 is 61.4 Å². The van der Waals surface area contributed by atoms with Crippen LogP contribution < -0.4 is 9.84 Å². The minimum Gasteiger partial charge on any atom is -0.453 e. The standard InChI is InChI=1S/C59H85N2O13P/c1-5-61(6-2,38-44-33-43(24-27-51(44)74-75(67,68)69)50(64)37-60-30-16-7-8-17-31-70-32-18-15-21-41-19-11-9-12-20-41)39-54(66)71-40-52(65)59-53(72-56(73-59)42-22-13-10-14-23-42)35-48-47-26-25-45-34-46(62)28-29-57(45,3)55(47)49(63)36-58(48,59)4/h9,11-12,19-20,24,27-29,33-34,42,47-50,53,55-56,60,63-64H,5-8,10,13-18,21-23,25-26,30-32,35-40H2,1-4H3,(H-,67,68,69)/p+1/t47-,48-,49-,50?,53+,55+,56+,57-,58-,59+/m0/s1. The molecule has 8 rings (SSSR count). The van der Waals surface area contributed by atoms with Crippen molar-refractivity contribution < 1.29 is 66.9 Å². The average Bonchev–Trinajstić information content (AvgIpc) is 3.90. The number of benzene rings is 2. The van der Waals surface area contributed by atoms with E-state index in [9.17, 15) is 34.2 Å². The highest BCUT2D eigenvalue weighted by Gasteiger charge is 2.76. The topological polar surface area (TPSA) is 207 Å². The number of aliphatic hydroxyl groups is 2. The van der Waals surface area contributed by atoms with Crippen LogP contribution in [0.25, 0.3) is 0 Å². The summed E-state index contributed by atoms with van der Waals surface area (Å²) in [5.74, 6) is -1.09. The maximum atomic E-state index is 15.2. The second-order valence-corrected chi connectivity index (χ2v) is 24.4. The number of ether oxygens (including phenoxy) is 4. The molecule has 0 aromatic heterocycles. The number of ketones is 2. The zero-order valence-electron chi connectivity index (χ0n) is 45.0. The van der Waals surface area contributed by atoms with Crippen molar-refractivity contribution >= 4 is 25.4 Å². The molecule has 1 unspecified atom stereocenters. The fourth-order valence-corrected chi connectivity index (χ4v) is 14.9. The van der Waals surface area contributed by atoms with Gasteiger partial charge in [-0.2, -0.15) is 0 Å². The van der Waals surface area contributed by atoms with E-state index in [-0.39, 0.29) is 65.1 Å². The molecule has 6 aliphatic rings. The molecule has 0 amide bonds. The monoisotopic (exact) mass is 1060 g/mol. The molecule has 2 aromatic carbocycles. The number of unbranched alkanes of at least 4 members (excludes halogenated alkanes) is 4. The number of phosphoric acid groups is 1. The Morgan fingerprint density at radius 2 is 1.68 bits per heavy atom. The first kappa shape index (κ1) is 57.6. The summed E-state index contributed by atoms with van der Waals surface area (Å²) in [4.78, 5) is 61.6. The predicted molar refractivity (Wildman–Crippen MR) is 284 cm³/mol. The van der Waals surface area contributed by atoms with Crippen molar-refractivity contribution in [2.24, 2.45) is 34.5 Å². The number of rotatable bonds is 27. The van der Waals surface area contributed by atoms with Crippen LogP contribution in [-0.2, 0) is 50.9 Å². The van der Waals surface area contributed by atoms with Gasteiger partial charge in [-0.1, -0.05) is 94.0 Å². The minimum absolute atomic E-state index is 0.0294. The molecule has 0 radical (unpaired) electrons. The lowest BCUT2D eigenvalue weighted by Crippen LogP contribution is -2.64. The number of Topliss-reactive ketones (excluding diaryl/α,β-unsaturated/α-hetero) is 1. The highest BCUT2D eigenvalue weighted by Crippen LogP contribution is 2.70. The van der Waals surface area contributed by atoms with E-state index in [1.165, 1.54) is 11.6 Å². The van der Waals surface area contributed by atoms with E-state index in [2.05, 4.69) is 43.4 Å². The van der Waals surface area contributed by atoms with Crippen molar-refractivity contribution in [3.8, 4) is 5.75 Å². The van der Waals surface area contributed by atoms with E-state index in [1.807, 2.05) is 26.0 Å². The van der Waals surface area contributed by atoms with Crippen molar-refractivity contribution in [3.63, 3.8) is 0 Å². The first-order valence-electron chi connectivity index (χ1n) is 28.3. The summed E-state index contributed by atoms with van der Waals surface area (Å²) in [7, 11) is -4.99.